The first kappa shape index (κ1) is 18.3. The molecule has 1 N–H and O–H groups in total. The molecule has 3 aromatic rings. The fraction of sp³-hybridized carbons (Fsp3) is 0.200. The molecular formula is C20H23N7. The normalized spacial score (nSPS) is 11.4. The average Bonchev–Trinajstić information content (AvgIpc) is 3.13. The predicted octanol–water partition coefficient (Wildman–Crippen LogP) is 3.44. The summed E-state index contributed by atoms with van der Waals surface area (Å²) in [6.45, 7) is 0. The van der Waals surface area contributed by atoms with Gasteiger partial charge in [-0.1, -0.05) is 24.3 Å². The lowest BCUT2D eigenvalue weighted by Crippen LogP contribution is -2.08. The van der Waals surface area contributed by atoms with Crippen LogP contribution in [0.4, 0.5) is 23.3 Å². The van der Waals surface area contributed by atoms with E-state index in [4.69, 9.17) is 0 Å². The number of rotatable bonds is 6. The lowest BCUT2D eigenvalue weighted by Gasteiger charge is -2.11. The minimum Gasteiger partial charge on any atom is -0.378 e. The smallest absolute Gasteiger partial charge is 0.269 e. The lowest BCUT2D eigenvalue weighted by molar-refractivity contribution is 1.08. The first-order valence-corrected chi connectivity index (χ1v) is 8.56. The molecule has 1 aromatic heterocycles. The van der Waals surface area contributed by atoms with E-state index >= 15 is 0 Å². The number of nitrogens with one attached hydrogen (secondary N) is 1. The van der Waals surface area contributed by atoms with Crippen LogP contribution >= 0.6 is 0 Å². The van der Waals surface area contributed by atoms with E-state index < -0.39 is 0 Å². The molecule has 0 radical (unpaired) electrons. The van der Waals surface area contributed by atoms with E-state index in [1.54, 1.807) is 12.4 Å². The Morgan fingerprint density at radius 2 is 1.22 bits per heavy atom. The zero-order valence-electron chi connectivity index (χ0n) is 16.0. The van der Waals surface area contributed by atoms with Crippen molar-refractivity contribution in [1.29, 1.82) is 0 Å². The topological polar surface area (TPSA) is 72.8 Å². The summed E-state index contributed by atoms with van der Waals surface area (Å²) in [5, 5.41) is 6.84. The largest absolute Gasteiger partial charge is 0.378 e. The van der Waals surface area contributed by atoms with Gasteiger partial charge >= 0.3 is 0 Å². The zero-order valence-corrected chi connectivity index (χ0v) is 16.0. The molecule has 0 unspecified atom stereocenters. The van der Waals surface area contributed by atoms with Crippen LogP contribution in [0, 0.1) is 0 Å². The van der Waals surface area contributed by atoms with Crippen LogP contribution < -0.4 is 9.80 Å². The van der Waals surface area contributed by atoms with Crippen LogP contribution in [0.25, 0.3) is 0 Å². The van der Waals surface area contributed by atoms with E-state index in [1.165, 1.54) is 0 Å². The number of aliphatic imine (C=N–C) groups is 2. The molecule has 0 aliphatic heterocycles. The highest BCUT2D eigenvalue weighted by atomic mass is 15.3. The Kier molecular flexibility index (Phi) is 5.61. The van der Waals surface area contributed by atoms with Gasteiger partial charge in [-0.25, -0.2) is 15.1 Å². The van der Waals surface area contributed by atoms with Gasteiger partial charge in [-0.05, 0) is 35.4 Å². The number of nitrogens with zero attached hydrogens (tertiary/aromatic N) is 6. The maximum absolute atomic E-state index is 4.31. The van der Waals surface area contributed by atoms with Gasteiger partial charge in [0.05, 0.1) is 0 Å². The van der Waals surface area contributed by atoms with Crippen LogP contribution in [0.1, 0.15) is 11.1 Å². The highest BCUT2D eigenvalue weighted by Gasteiger charge is 2.00. The lowest BCUT2D eigenvalue weighted by atomic mass is 10.2. The zero-order chi connectivity index (χ0) is 19.2. The Balaban J connectivity index is 1.63. The van der Waals surface area contributed by atoms with Crippen molar-refractivity contribution in [3.8, 4) is 0 Å². The van der Waals surface area contributed by atoms with E-state index in [0.717, 1.165) is 22.5 Å². The molecule has 3 rings (SSSR count). The molecule has 0 saturated carbocycles. The molecular weight excluding hydrogens is 338 g/mol. The van der Waals surface area contributed by atoms with Crippen molar-refractivity contribution >= 4 is 35.7 Å². The Morgan fingerprint density at radius 3 is 1.70 bits per heavy atom. The molecule has 0 fully saturated rings. The van der Waals surface area contributed by atoms with Crippen LogP contribution in [0.15, 0.2) is 58.5 Å². The van der Waals surface area contributed by atoms with Gasteiger partial charge in [-0.3, -0.25) is 0 Å². The van der Waals surface area contributed by atoms with Crippen molar-refractivity contribution in [3.05, 3.63) is 59.7 Å². The van der Waals surface area contributed by atoms with Crippen molar-refractivity contribution in [2.75, 3.05) is 38.0 Å². The SMILES string of the molecule is CN(C)c1ccc(C=Nc2n[nH]c(N=Cc3ccc(N(C)C)cc3)n2)cc1. The monoisotopic (exact) mass is 361 g/mol. The molecule has 0 bridgehead atoms. The molecule has 2 aromatic carbocycles. The second-order valence-corrected chi connectivity index (χ2v) is 6.45. The third-order valence-electron chi connectivity index (χ3n) is 3.95. The number of benzene rings is 2. The first-order chi connectivity index (χ1) is 13.0. The van der Waals surface area contributed by atoms with Gasteiger partial charge in [0.2, 0.25) is 5.95 Å². The third-order valence-corrected chi connectivity index (χ3v) is 3.95. The summed E-state index contributed by atoms with van der Waals surface area (Å²) < 4.78 is 0. The molecule has 0 saturated heterocycles. The minimum atomic E-state index is 0.349. The number of anilines is 2. The average molecular weight is 361 g/mol. The third kappa shape index (κ3) is 5.01. The fourth-order valence-corrected chi connectivity index (χ4v) is 2.35. The second-order valence-electron chi connectivity index (χ2n) is 6.45. The standard InChI is InChI=1S/C20H23N7/c1-26(2)17-9-5-15(6-10-17)13-21-19-23-20(25-24-19)22-14-16-7-11-18(12-8-16)27(3)4/h5-14H,1-4H3,(H,23,24,25). The highest BCUT2D eigenvalue weighted by Crippen LogP contribution is 2.14. The minimum absolute atomic E-state index is 0.349. The molecule has 27 heavy (non-hydrogen) atoms. The molecule has 138 valence electrons. The maximum Gasteiger partial charge on any atom is 0.269 e. The van der Waals surface area contributed by atoms with Crippen molar-refractivity contribution in [2.24, 2.45) is 9.98 Å². The van der Waals surface area contributed by atoms with Crippen molar-refractivity contribution < 1.29 is 0 Å². The van der Waals surface area contributed by atoms with E-state index in [2.05, 4.69) is 35.0 Å². The van der Waals surface area contributed by atoms with E-state index in [1.807, 2.05) is 76.7 Å². The number of hydrogen-bond acceptors (Lipinski definition) is 6. The Hall–Kier alpha value is -3.48. The molecule has 7 heteroatoms. The van der Waals surface area contributed by atoms with E-state index in [9.17, 15) is 0 Å². The van der Waals surface area contributed by atoms with Crippen LogP contribution in [-0.4, -0.2) is 55.8 Å². The first-order valence-electron chi connectivity index (χ1n) is 8.56. The van der Waals surface area contributed by atoms with Crippen molar-refractivity contribution in [2.45, 2.75) is 0 Å². The summed E-state index contributed by atoms with van der Waals surface area (Å²) in [6.07, 6.45) is 3.48. The van der Waals surface area contributed by atoms with Gasteiger partial charge in [-0.2, -0.15) is 4.98 Å². The Morgan fingerprint density at radius 1 is 0.741 bits per heavy atom. The summed E-state index contributed by atoms with van der Waals surface area (Å²) in [5.41, 5.74) is 4.25. The van der Waals surface area contributed by atoms with Gasteiger partial charge in [0.15, 0.2) is 0 Å². The van der Waals surface area contributed by atoms with Crippen LogP contribution in [-0.2, 0) is 0 Å². The summed E-state index contributed by atoms with van der Waals surface area (Å²) in [4.78, 5) is 17.0. The van der Waals surface area contributed by atoms with Gasteiger partial charge < -0.3 is 9.80 Å². The van der Waals surface area contributed by atoms with Crippen LogP contribution in [0.2, 0.25) is 0 Å². The highest BCUT2D eigenvalue weighted by molar-refractivity contribution is 5.83. The summed E-state index contributed by atoms with van der Waals surface area (Å²) in [7, 11) is 8.04. The van der Waals surface area contributed by atoms with E-state index in [-0.39, 0.29) is 0 Å². The number of H-pyrrole nitrogens is 1. The van der Waals surface area contributed by atoms with Gasteiger partial charge in [0, 0.05) is 52.0 Å². The van der Waals surface area contributed by atoms with Crippen molar-refractivity contribution in [1.82, 2.24) is 15.2 Å². The fourth-order valence-electron chi connectivity index (χ4n) is 2.35. The van der Waals surface area contributed by atoms with Crippen molar-refractivity contribution in [3.63, 3.8) is 0 Å². The maximum atomic E-state index is 4.31. The summed E-state index contributed by atoms with van der Waals surface area (Å²) >= 11 is 0. The number of hydrogen-bond donors (Lipinski definition) is 1. The molecule has 0 aliphatic carbocycles. The van der Waals surface area contributed by atoms with E-state index in [0.29, 0.717) is 11.9 Å². The quantitative estimate of drug-likeness (QED) is 0.683. The predicted molar refractivity (Wildman–Crippen MR) is 112 cm³/mol. The Labute approximate surface area is 159 Å². The molecule has 1 heterocycles. The summed E-state index contributed by atoms with van der Waals surface area (Å²) in [5.74, 6) is 0.767. The summed E-state index contributed by atoms with van der Waals surface area (Å²) in [6, 6.07) is 16.2. The molecule has 0 spiro atoms. The Bertz CT molecular complexity index is 844. The van der Waals surface area contributed by atoms with Gasteiger partial charge in [0.25, 0.3) is 5.95 Å². The molecule has 7 nitrogen and oxygen atoms in total. The molecule has 0 aliphatic rings. The molecule has 0 amide bonds. The molecule has 0 atom stereocenters. The van der Waals surface area contributed by atoms with Gasteiger partial charge in [-0.15, -0.1) is 5.10 Å². The second kappa shape index (κ2) is 8.27. The van der Waals surface area contributed by atoms with Crippen LogP contribution in [0.5, 0.6) is 0 Å². The number of aromatic nitrogens is 3. The van der Waals surface area contributed by atoms with Crippen LogP contribution in [0.3, 0.4) is 0 Å². The van der Waals surface area contributed by atoms with Gasteiger partial charge in [0.1, 0.15) is 0 Å². The number of aromatic amines is 1.